The highest BCUT2D eigenvalue weighted by Gasteiger charge is 2.01. The van der Waals surface area contributed by atoms with E-state index >= 15 is 0 Å². The van der Waals surface area contributed by atoms with E-state index < -0.39 is 10.0 Å². The summed E-state index contributed by atoms with van der Waals surface area (Å²) >= 11 is 0. The Kier molecular flexibility index (Phi) is 8.08. The molecule has 0 radical (unpaired) electrons. The molecule has 0 spiro atoms. The van der Waals surface area contributed by atoms with Gasteiger partial charge in [-0.3, -0.25) is 4.79 Å². The molecule has 4 N–H and O–H groups in total. The lowest BCUT2D eigenvalue weighted by Crippen LogP contribution is -2.32. The van der Waals surface area contributed by atoms with Crippen LogP contribution in [0.4, 0.5) is 0 Å². The maximum Gasteiger partial charge on any atom is 0.245 e. The van der Waals surface area contributed by atoms with Crippen LogP contribution < -0.4 is 15.8 Å². The normalized spacial score (nSPS) is 11.4. The molecule has 8 heteroatoms. The highest BCUT2D eigenvalue weighted by atomic mass is 32.2. The molecule has 1 amide bonds. The van der Waals surface area contributed by atoms with Crippen molar-refractivity contribution in [2.24, 2.45) is 5.73 Å². The first-order valence-corrected chi connectivity index (χ1v) is 6.84. The zero-order valence-electron chi connectivity index (χ0n) is 9.36. The minimum absolute atomic E-state index is 0.0172. The van der Waals surface area contributed by atoms with Crippen molar-refractivity contribution in [2.75, 3.05) is 39.1 Å². The lowest BCUT2D eigenvalue weighted by atomic mass is 10.4. The number of nitrogens with two attached hydrogens (primary N) is 1. The Labute approximate surface area is 95.8 Å². The summed E-state index contributed by atoms with van der Waals surface area (Å²) in [6, 6.07) is 0. The molecular formula is C8H19N3O4S. The first kappa shape index (κ1) is 15.3. The monoisotopic (exact) mass is 253 g/mol. The van der Waals surface area contributed by atoms with E-state index in [9.17, 15) is 13.2 Å². The van der Waals surface area contributed by atoms with Crippen molar-refractivity contribution in [1.82, 2.24) is 10.0 Å². The van der Waals surface area contributed by atoms with Crippen molar-refractivity contribution < 1.29 is 17.9 Å². The smallest absolute Gasteiger partial charge is 0.245 e. The van der Waals surface area contributed by atoms with E-state index in [4.69, 9.17) is 10.5 Å². The SMILES string of the molecule is CS(=O)(=O)NCCCNC(=O)COCCN. The van der Waals surface area contributed by atoms with Crippen LogP contribution in [0.5, 0.6) is 0 Å². The van der Waals surface area contributed by atoms with Gasteiger partial charge in [0, 0.05) is 19.6 Å². The average molecular weight is 253 g/mol. The van der Waals surface area contributed by atoms with Gasteiger partial charge in [-0.2, -0.15) is 0 Å². The zero-order chi connectivity index (χ0) is 12.4. The van der Waals surface area contributed by atoms with E-state index in [0.717, 1.165) is 6.26 Å². The molecule has 0 fully saturated rings. The highest BCUT2D eigenvalue weighted by Crippen LogP contribution is 1.79. The van der Waals surface area contributed by atoms with Crippen LogP contribution in [-0.2, 0) is 19.6 Å². The van der Waals surface area contributed by atoms with E-state index in [2.05, 4.69) is 10.0 Å². The molecule has 0 heterocycles. The summed E-state index contributed by atoms with van der Waals surface area (Å²) in [6.07, 6.45) is 1.63. The highest BCUT2D eigenvalue weighted by molar-refractivity contribution is 7.88. The molecule has 0 atom stereocenters. The van der Waals surface area contributed by atoms with E-state index in [1.165, 1.54) is 0 Å². The molecule has 0 aromatic carbocycles. The number of sulfonamides is 1. The number of carbonyl (C=O) groups is 1. The lowest BCUT2D eigenvalue weighted by Gasteiger charge is -2.05. The van der Waals surface area contributed by atoms with Crippen molar-refractivity contribution >= 4 is 15.9 Å². The van der Waals surface area contributed by atoms with Gasteiger partial charge in [0.1, 0.15) is 6.61 Å². The van der Waals surface area contributed by atoms with Gasteiger partial charge in [0.05, 0.1) is 12.9 Å². The second-order valence-corrected chi connectivity index (χ2v) is 5.04. The summed E-state index contributed by atoms with van der Waals surface area (Å²) in [6.45, 7) is 1.43. The molecule has 7 nitrogen and oxygen atoms in total. The van der Waals surface area contributed by atoms with Gasteiger partial charge < -0.3 is 15.8 Å². The van der Waals surface area contributed by atoms with Crippen molar-refractivity contribution in [3.8, 4) is 0 Å². The van der Waals surface area contributed by atoms with Gasteiger partial charge in [0.15, 0.2) is 0 Å². The van der Waals surface area contributed by atoms with Gasteiger partial charge in [-0.25, -0.2) is 13.1 Å². The molecule has 0 saturated carbocycles. The first-order valence-electron chi connectivity index (χ1n) is 4.95. The number of hydrogen-bond acceptors (Lipinski definition) is 5. The predicted molar refractivity (Wildman–Crippen MR) is 60.3 cm³/mol. The van der Waals surface area contributed by atoms with Crippen LogP contribution >= 0.6 is 0 Å². The molecule has 0 aromatic rings. The predicted octanol–water partition coefficient (Wildman–Crippen LogP) is -1.98. The van der Waals surface area contributed by atoms with Crippen molar-refractivity contribution in [3.63, 3.8) is 0 Å². The molecular weight excluding hydrogens is 234 g/mol. The Balaban J connectivity index is 3.34. The van der Waals surface area contributed by atoms with Gasteiger partial charge in [-0.15, -0.1) is 0 Å². The average Bonchev–Trinajstić information content (AvgIpc) is 2.16. The fraction of sp³-hybridized carbons (Fsp3) is 0.875. The number of nitrogens with one attached hydrogen (secondary N) is 2. The summed E-state index contributed by atoms with van der Waals surface area (Å²) in [5.41, 5.74) is 5.17. The maximum absolute atomic E-state index is 11.1. The second kappa shape index (κ2) is 8.45. The topological polar surface area (TPSA) is 111 Å². The summed E-state index contributed by atoms with van der Waals surface area (Å²) in [5, 5.41) is 2.59. The first-order chi connectivity index (χ1) is 7.45. The third kappa shape index (κ3) is 11.4. The molecule has 0 aliphatic rings. The maximum atomic E-state index is 11.1. The molecule has 16 heavy (non-hydrogen) atoms. The number of hydrogen-bond donors (Lipinski definition) is 3. The van der Waals surface area contributed by atoms with Crippen LogP contribution in [-0.4, -0.2) is 53.4 Å². The third-order valence-corrected chi connectivity index (χ3v) is 2.26. The summed E-state index contributed by atoms with van der Waals surface area (Å²) in [4.78, 5) is 11.1. The standard InChI is InChI=1S/C8H19N3O4S/c1-16(13,14)11-5-2-4-10-8(12)7-15-6-3-9/h11H,2-7,9H2,1H3,(H,10,12). The largest absolute Gasteiger partial charge is 0.370 e. The number of ether oxygens (including phenoxy) is 1. The van der Waals surface area contributed by atoms with Gasteiger partial charge in [-0.05, 0) is 6.42 Å². The number of carbonyl (C=O) groups excluding carboxylic acids is 1. The van der Waals surface area contributed by atoms with Gasteiger partial charge in [0.25, 0.3) is 0 Å². The summed E-state index contributed by atoms with van der Waals surface area (Å²) in [5.74, 6) is -0.229. The van der Waals surface area contributed by atoms with Crippen LogP contribution in [0.15, 0.2) is 0 Å². The molecule has 0 aliphatic carbocycles. The molecule has 0 bridgehead atoms. The summed E-state index contributed by atoms with van der Waals surface area (Å²) < 4.78 is 28.6. The summed E-state index contributed by atoms with van der Waals surface area (Å²) in [7, 11) is -3.14. The van der Waals surface area contributed by atoms with E-state index in [1.807, 2.05) is 0 Å². The van der Waals surface area contributed by atoms with E-state index in [1.54, 1.807) is 0 Å². The van der Waals surface area contributed by atoms with Crippen LogP contribution in [0.1, 0.15) is 6.42 Å². The van der Waals surface area contributed by atoms with Crippen LogP contribution in [0.3, 0.4) is 0 Å². The fourth-order valence-electron chi connectivity index (χ4n) is 0.873. The molecule has 0 aliphatic heterocycles. The third-order valence-electron chi connectivity index (χ3n) is 1.54. The van der Waals surface area contributed by atoms with E-state index in [0.29, 0.717) is 32.7 Å². The molecule has 0 aromatic heterocycles. The Morgan fingerprint density at radius 3 is 2.62 bits per heavy atom. The molecule has 0 saturated heterocycles. The van der Waals surface area contributed by atoms with Crippen LogP contribution in [0.25, 0.3) is 0 Å². The Hall–Kier alpha value is -0.700. The van der Waals surface area contributed by atoms with Crippen molar-refractivity contribution in [1.29, 1.82) is 0 Å². The number of amides is 1. The minimum Gasteiger partial charge on any atom is -0.370 e. The Bertz CT molecular complexity index is 292. The lowest BCUT2D eigenvalue weighted by molar-refractivity contribution is -0.125. The Morgan fingerprint density at radius 1 is 1.38 bits per heavy atom. The number of rotatable bonds is 9. The Morgan fingerprint density at radius 2 is 2.06 bits per heavy atom. The fourth-order valence-corrected chi connectivity index (χ4v) is 1.39. The van der Waals surface area contributed by atoms with Crippen molar-refractivity contribution in [2.45, 2.75) is 6.42 Å². The molecule has 96 valence electrons. The van der Waals surface area contributed by atoms with Crippen molar-refractivity contribution in [3.05, 3.63) is 0 Å². The van der Waals surface area contributed by atoms with Gasteiger partial charge >= 0.3 is 0 Å². The molecule has 0 unspecified atom stereocenters. The minimum atomic E-state index is -3.14. The van der Waals surface area contributed by atoms with Gasteiger partial charge in [-0.1, -0.05) is 0 Å². The van der Waals surface area contributed by atoms with Crippen LogP contribution in [0.2, 0.25) is 0 Å². The van der Waals surface area contributed by atoms with Crippen LogP contribution in [0, 0.1) is 0 Å². The van der Waals surface area contributed by atoms with Gasteiger partial charge in [0.2, 0.25) is 15.9 Å². The van der Waals surface area contributed by atoms with E-state index in [-0.39, 0.29) is 12.5 Å². The quantitative estimate of drug-likeness (QED) is 0.412. The second-order valence-electron chi connectivity index (χ2n) is 3.21. The molecule has 0 rings (SSSR count). The zero-order valence-corrected chi connectivity index (χ0v) is 10.2.